The van der Waals surface area contributed by atoms with Crippen LogP contribution in [0.5, 0.6) is 0 Å². The Bertz CT molecular complexity index is 1310. The van der Waals surface area contributed by atoms with Gasteiger partial charge in [0.25, 0.3) is 0 Å². The van der Waals surface area contributed by atoms with Crippen LogP contribution in [0.3, 0.4) is 0 Å². The summed E-state index contributed by atoms with van der Waals surface area (Å²) in [5.41, 5.74) is 1.63. The number of allylic oxidation sites excluding steroid dienone is 2. The smallest absolute Gasteiger partial charge is 0.248 e. The second-order valence-corrected chi connectivity index (χ2v) is 9.23. The summed E-state index contributed by atoms with van der Waals surface area (Å²) in [4.78, 5) is 17.0. The highest BCUT2D eigenvalue weighted by Crippen LogP contribution is 2.36. The summed E-state index contributed by atoms with van der Waals surface area (Å²) in [5, 5.41) is 0. The number of rotatable bonds is 7. The Kier molecular flexibility index (Phi) is 6.47. The second kappa shape index (κ2) is 9.47. The molecule has 0 amide bonds. The first-order valence-corrected chi connectivity index (χ1v) is 11.7. The lowest BCUT2D eigenvalue weighted by atomic mass is 10.1. The highest BCUT2D eigenvalue weighted by atomic mass is 32.2. The quantitative estimate of drug-likeness (QED) is 0.393. The van der Waals surface area contributed by atoms with Crippen LogP contribution < -0.4 is 0 Å². The van der Waals surface area contributed by atoms with Crippen molar-refractivity contribution < 1.29 is 13.2 Å². The largest absolute Gasteiger partial charge is 0.500 e. The number of nitrogens with zero attached hydrogens (tertiary/aromatic N) is 6. The van der Waals surface area contributed by atoms with Gasteiger partial charge in [-0.15, -0.1) is 0 Å². The number of benzene rings is 1. The highest BCUT2D eigenvalue weighted by molar-refractivity contribution is 7.93. The van der Waals surface area contributed by atoms with Crippen molar-refractivity contribution in [3.8, 4) is 5.82 Å². The van der Waals surface area contributed by atoms with Gasteiger partial charge in [-0.3, -0.25) is 9.56 Å². The van der Waals surface area contributed by atoms with Crippen LogP contribution in [0.25, 0.3) is 5.82 Å². The standard InChI is InChI=1S/C23H24N6O3S/c1-4-24-14-21(17(2)32-3)33(30,31)29-15-19-13-25-16-27-22(19)28-11-10-26-23(28)20(29)12-18-8-6-5-7-9-18/h4-11,13-14,16,20H,1,12,15H2,2-3H3/b21-17-,24-14?/t20-/m1/s1. The SMILES string of the molecule is C=CN=C/C(=C(\C)OC)S(=O)(=O)N1Cc2cncnc2-n2ccnc2[C@H]1Cc1ccccc1. The molecule has 1 aliphatic rings. The number of hydrogen-bond acceptors (Lipinski definition) is 7. The molecule has 2 aromatic heterocycles. The molecule has 0 N–H and O–H groups in total. The van der Waals surface area contributed by atoms with Crippen molar-refractivity contribution in [2.75, 3.05) is 7.11 Å². The average molecular weight is 465 g/mol. The van der Waals surface area contributed by atoms with E-state index in [4.69, 9.17) is 4.74 Å². The zero-order chi connectivity index (χ0) is 23.4. The summed E-state index contributed by atoms with van der Waals surface area (Å²) < 4.78 is 36.7. The molecule has 170 valence electrons. The first-order chi connectivity index (χ1) is 16.0. The fraction of sp³-hybridized carbons (Fsp3) is 0.217. The molecule has 1 aromatic carbocycles. The first kappa shape index (κ1) is 22.6. The van der Waals surface area contributed by atoms with Gasteiger partial charge in [-0.2, -0.15) is 4.31 Å². The molecule has 1 atom stereocenters. The van der Waals surface area contributed by atoms with Gasteiger partial charge in [0, 0.05) is 36.9 Å². The minimum absolute atomic E-state index is 0.0543. The maximum atomic E-state index is 14.1. The van der Waals surface area contributed by atoms with Gasteiger partial charge in [0.1, 0.15) is 28.6 Å². The number of aliphatic imine (C=N–C) groups is 1. The number of methoxy groups -OCH3 is 1. The Morgan fingerprint density at radius 1 is 1.30 bits per heavy atom. The van der Waals surface area contributed by atoms with Gasteiger partial charge >= 0.3 is 0 Å². The molecule has 0 aliphatic carbocycles. The van der Waals surface area contributed by atoms with Crippen molar-refractivity contribution in [1.82, 2.24) is 23.8 Å². The van der Waals surface area contributed by atoms with Crippen LogP contribution in [0, 0.1) is 0 Å². The number of aromatic nitrogens is 4. The zero-order valence-corrected chi connectivity index (χ0v) is 19.2. The number of imidazole rings is 1. The van der Waals surface area contributed by atoms with Gasteiger partial charge in [-0.05, 0) is 18.9 Å². The third kappa shape index (κ3) is 4.35. The lowest BCUT2D eigenvalue weighted by Gasteiger charge is -2.29. The molecule has 10 heteroatoms. The van der Waals surface area contributed by atoms with E-state index in [9.17, 15) is 8.42 Å². The van der Waals surface area contributed by atoms with Crippen LogP contribution in [0.15, 0.2) is 83.7 Å². The lowest BCUT2D eigenvalue weighted by molar-refractivity contribution is 0.288. The van der Waals surface area contributed by atoms with Crippen molar-refractivity contribution in [3.05, 3.63) is 95.6 Å². The van der Waals surface area contributed by atoms with Gasteiger partial charge < -0.3 is 4.74 Å². The fourth-order valence-electron chi connectivity index (χ4n) is 3.80. The van der Waals surface area contributed by atoms with E-state index >= 15 is 0 Å². The third-order valence-electron chi connectivity index (χ3n) is 5.44. The highest BCUT2D eigenvalue weighted by Gasteiger charge is 2.40. The van der Waals surface area contributed by atoms with Crippen molar-refractivity contribution in [2.24, 2.45) is 4.99 Å². The van der Waals surface area contributed by atoms with Crippen LogP contribution in [0.1, 0.15) is 29.9 Å². The summed E-state index contributed by atoms with van der Waals surface area (Å²) in [7, 11) is -2.66. The van der Waals surface area contributed by atoms with E-state index in [2.05, 4.69) is 26.5 Å². The van der Waals surface area contributed by atoms with Crippen LogP contribution in [0.2, 0.25) is 0 Å². The maximum Gasteiger partial charge on any atom is 0.248 e. The van der Waals surface area contributed by atoms with Crippen LogP contribution >= 0.6 is 0 Å². The summed E-state index contributed by atoms with van der Waals surface area (Å²) >= 11 is 0. The Labute approximate surface area is 192 Å². The molecule has 1 aliphatic heterocycles. The molecule has 0 fully saturated rings. The van der Waals surface area contributed by atoms with Crippen molar-refractivity contribution in [3.63, 3.8) is 0 Å². The van der Waals surface area contributed by atoms with Crippen LogP contribution in [-0.2, 0) is 27.7 Å². The van der Waals surface area contributed by atoms with E-state index in [1.807, 2.05) is 34.9 Å². The Hall–Kier alpha value is -3.63. The van der Waals surface area contributed by atoms with Gasteiger partial charge in [0.2, 0.25) is 10.0 Å². The van der Waals surface area contributed by atoms with Gasteiger partial charge in [0.05, 0.1) is 19.4 Å². The predicted molar refractivity (Wildman–Crippen MR) is 125 cm³/mol. The van der Waals surface area contributed by atoms with Crippen molar-refractivity contribution in [2.45, 2.75) is 25.9 Å². The van der Waals surface area contributed by atoms with Crippen molar-refractivity contribution >= 4 is 16.2 Å². The minimum atomic E-state index is -4.08. The molecule has 0 saturated carbocycles. The number of sulfonamides is 1. The molecule has 3 heterocycles. The molecule has 0 unspecified atom stereocenters. The van der Waals surface area contributed by atoms with E-state index < -0.39 is 16.1 Å². The van der Waals surface area contributed by atoms with E-state index in [0.29, 0.717) is 23.6 Å². The summed E-state index contributed by atoms with van der Waals surface area (Å²) in [5.74, 6) is 1.38. The average Bonchev–Trinajstić information content (AvgIpc) is 3.27. The van der Waals surface area contributed by atoms with Crippen molar-refractivity contribution in [1.29, 1.82) is 0 Å². The molecule has 4 rings (SSSR count). The molecule has 9 nitrogen and oxygen atoms in total. The van der Waals surface area contributed by atoms with Gasteiger partial charge in [-0.25, -0.2) is 23.4 Å². The Morgan fingerprint density at radius 2 is 2.09 bits per heavy atom. The van der Waals surface area contributed by atoms with E-state index in [1.54, 1.807) is 25.5 Å². The van der Waals surface area contributed by atoms with Gasteiger partial charge in [-0.1, -0.05) is 36.9 Å². The molecular formula is C23H24N6O3S. The molecular weight excluding hydrogens is 440 g/mol. The van der Waals surface area contributed by atoms with Crippen LogP contribution in [0.4, 0.5) is 0 Å². The predicted octanol–water partition coefficient (Wildman–Crippen LogP) is 3.18. The molecule has 0 radical (unpaired) electrons. The summed E-state index contributed by atoms with van der Waals surface area (Å²) in [6, 6.07) is 9.09. The Morgan fingerprint density at radius 3 is 2.82 bits per heavy atom. The molecule has 0 bridgehead atoms. The third-order valence-corrected chi connectivity index (χ3v) is 7.39. The summed E-state index contributed by atoms with van der Waals surface area (Å²) in [6.07, 6.45) is 9.44. The van der Waals surface area contributed by atoms with Crippen LogP contribution in [-0.4, -0.2) is 45.6 Å². The second-order valence-electron chi connectivity index (χ2n) is 7.37. The molecule has 0 spiro atoms. The normalized spacial score (nSPS) is 17.1. The minimum Gasteiger partial charge on any atom is -0.500 e. The molecule has 3 aromatic rings. The van der Waals surface area contributed by atoms with E-state index in [1.165, 1.54) is 30.2 Å². The van der Waals surface area contributed by atoms with Gasteiger partial charge in [0.15, 0.2) is 0 Å². The molecule has 33 heavy (non-hydrogen) atoms. The fourth-order valence-corrected chi connectivity index (χ4v) is 5.50. The molecule has 0 saturated heterocycles. The zero-order valence-electron chi connectivity index (χ0n) is 18.4. The first-order valence-electron chi connectivity index (χ1n) is 10.2. The lowest BCUT2D eigenvalue weighted by Crippen LogP contribution is -2.37. The number of hydrogen-bond donors (Lipinski definition) is 0. The summed E-state index contributed by atoms with van der Waals surface area (Å²) in [6.45, 7) is 5.20. The monoisotopic (exact) mass is 464 g/mol. The Balaban J connectivity index is 1.93. The number of fused-ring (bicyclic) bond motifs is 3. The van der Waals surface area contributed by atoms with E-state index in [0.717, 1.165) is 5.56 Å². The number of ether oxygens (including phenoxy) is 1. The topological polar surface area (TPSA) is 103 Å². The van der Waals surface area contributed by atoms with E-state index in [-0.39, 0.29) is 17.2 Å². The maximum absolute atomic E-state index is 14.1.